The third-order valence-electron chi connectivity index (χ3n) is 3.56. The van der Waals surface area contributed by atoms with E-state index >= 15 is 0 Å². The fraction of sp³-hybridized carbons (Fsp3) is 0.417. The van der Waals surface area contributed by atoms with Crippen molar-refractivity contribution >= 4 is 21.7 Å². The third kappa shape index (κ3) is 2.88. The van der Waals surface area contributed by atoms with E-state index < -0.39 is 36.9 Å². The molecule has 9 heteroatoms. The van der Waals surface area contributed by atoms with Gasteiger partial charge in [0.1, 0.15) is 0 Å². The van der Waals surface area contributed by atoms with E-state index in [0.717, 1.165) is 6.07 Å². The smallest absolute Gasteiger partial charge is 0.310 e. The SMILES string of the molecule is Cc1cccc([N+](=O)[O-])c1S(=O)(=O)NCC1(C(=O)O)CC1. The molecule has 114 valence electrons. The normalized spacial score (nSPS) is 16.4. The molecule has 2 rings (SSSR count). The van der Waals surface area contributed by atoms with Crippen LogP contribution in [0.3, 0.4) is 0 Å². The molecule has 0 saturated heterocycles. The number of hydrogen-bond donors (Lipinski definition) is 2. The van der Waals surface area contributed by atoms with Crippen LogP contribution in [0.25, 0.3) is 0 Å². The topological polar surface area (TPSA) is 127 Å². The van der Waals surface area contributed by atoms with Crippen LogP contribution in [-0.4, -0.2) is 31.0 Å². The average molecular weight is 314 g/mol. The van der Waals surface area contributed by atoms with Crippen molar-refractivity contribution in [3.05, 3.63) is 33.9 Å². The van der Waals surface area contributed by atoms with E-state index in [9.17, 15) is 23.3 Å². The van der Waals surface area contributed by atoms with Crippen LogP contribution < -0.4 is 4.72 Å². The minimum atomic E-state index is -4.15. The minimum absolute atomic E-state index is 0.233. The van der Waals surface area contributed by atoms with Gasteiger partial charge >= 0.3 is 5.97 Å². The molecule has 0 aromatic heterocycles. The summed E-state index contributed by atoms with van der Waals surface area (Å²) in [7, 11) is -4.15. The van der Waals surface area contributed by atoms with E-state index in [1.165, 1.54) is 19.1 Å². The van der Waals surface area contributed by atoms with Gasteiger partial charge in [-0.25, -0.2) is 13.1 Å². The van der Waals surface area contributed by atoms with Crippen LogP contribution in [0.4, 0.5) is 5.69 Å². The van der Waals surface area contributed by atoms with Crippen molar-refractivity contribution in [2.45, 2.75) is 24.7 Å². The van der Waals surface area contributed by atoms with Gasteiger partial charge in [-0.15, -0.1) is 0 Å². The van der Waals surface area contributed by atoms with E-state index in [4.69, 9.17) is 5.11 Å². The Kier molecular flexibility index (Phi) is 3.72. The van der Waals surface area contributed by atoms with Crippen molar-refractivity contribution in [1.29, 1.82) is 0 Å². The number of nitrogens with zero attached hydrogens (tertiary/aromatic N) is 1. The van der Waals surface area contributed by atoms with Gasteiger partial charge in [0.05, 0.1) is 10.3 Å². The van der Waals surface area contributed by atoms with Crippen LogP contribution in [-0.2, 0) is 14.8 Å². The largest absolute Gasteiger partial charge is 0.481 e. The lowest BCUT2D eigenvalue weighted by Gasteiger charge is -2.13. The molecule has 0 bridgehead atoms. The number of aliphatic carboxylic acids is 1. The van der Waals surface area contributed by atoms with Crippen LogP contribution >= 0.6 is 0 Å². The lowest BCUT2D eigenvalue weighted by molar-refractivity contribution is -0.387. The number of carboxylic acid groups (broad SMARTS) is 1. The predicted molar refractivity (Wildman–Crippen MR) is 72.3 cm³/mol. The number of carboxylic acids is 1. The molecule has 2 N–H and O–H groups in total. The molecule has 1 aromatic carbocycles. The Labute approximate surface area is 121 Å². The second-order valence-corrected chi connectivity index (χ2v) is 6.79. The highest BCUT2D eigenvalue weighted by molar-refractivity contribution is 7.89. The number of benzene rings is 1. The van der Waals surface area contributed by atoms with Crippen molar-refractivity contribution in [3.63, 3.8) is 0 Å². The molecule has 0 heterocycles. The first-order valence-corrected chi connectivity index (χ1v) is 7.65. The Morgan fingerprint density at radius 3 is 2.57 bits per heavy atom. The molecule has 1 fully saturated rings. The van der Waals surface area contributed by atoms with Crippen molar-refractivity contribution < 1.29 is 23.2 Å². The summed E-state index contributed by atoms with van der Waals surface area (Å²) in [5.74, 6) is -1.07. The predicted octanol–water partition coefficient (Wildman–Crippen LogP) is 1.05. The van der Waals surface area contributed by atoms with Crippen LogP contribution in [0.1, 0.15) is 18.4 Å². The number of aryl methyl sites for hydroxylation is 1. The molecule has 0 atom stereocenters. The Hall–Kier alpha value is -2.00. The quantitative estimate of drug-likeness (QED) is 0.597. The molecule has 0 radical (unpaired) electrons. The lowest BCUT2D eigenvalue weighted by atomic mass is 10.1. The lowest BCUT2D eigenvalue weighted by Crippen LogP contribution is -2.34. The number of nitro benzene ring substituents is 1. The van der Waals surface area contributed by atoms with Gasteiger partial charge < -0.3 is 5.11 Å². The van der Waals surface area contributed by atoms with Crippen molar-refractivity contribution in [2.24, 2.45) is 5.41 Å². The Morgan fingerprint density at radius 2 is 2.10 bits per heavy atom. The summed E-state index contributed by atoms with van der Waals surface area (Å²) < 4.78 is 26.7. The van der Waals surface area contributed by atoms with Crippen LogP contribution in [0.15, 0.2) is 23.1 Å². The van der Waals surface area contributed by atoms with E-state index in [2.05, 4.69) is 4.72 Å². The highest BCUT2D eigenvalue weighted by atomic mass is 32.2. The summed E-state index contributed by atoms with van der Waals surface area (Å²) >= 11 is 0. The van der Waals surface area contributed by atoms with Gasteiger partial charge in [0.25, 0.3) is 5.69 Å². The second-order valence-electron chi connectivity index (χ2n) is 5.09. The zero-order valence-corrected chi connectivity index (χ0v) is 12.0. The molecule has 1 saturated carbocycles. The number of carbonyl (C=O) groups is 1. The minimum Gasteiger partial charge on any atom is -0.481 e. The van der Waals surface area contributed by atoms with Crippen LogP contribution in [0.5, 0.6) is 0 Å². The summed E-state index contributed by atoms with van der Waals surface area (Å²) in [4.78, 5) is 20.8. The maximum atomic E-state index is 12.3. The number of hydrogen-bond acceptors (Lipinski definition) is 5. The summed E-state index contributed by atoms with van der Waals surface area (Å²) in [5.41, 5.74) is -1.37. The molecule has 0 amide bonds. The number of rotatable bonds is 6. The van der Waals surface area contributed by atoms with Gasteiger partial charge in [-0.2, -0.15) is 0 Å². The van der Waals surface area contributed by atoms with Gasteiger partial charge in [0.2, 0.25) is 10.0 Å². The Morgan fingerprint density at radius 1 is 1.48 bits per heavy atom. The summed E-state index contributed by atoms with van der Waals surface area (Å²) in [6, 6.07) is 3.95. The maximum absolute atomic E-state index is 12.3. The molecule has 1 aliphatic carbocycles. The molecule has 1 aromatic rings. The highest BCUT2D eigenvalue weighted by Crippen LogP contribution is 2.45. The first-order valence-electron chi connectivity index (χ1n) is 6.17. The van der Waals surface area contributed by atoms with E-state index in [1.807, 2.05) is 0 Å². The number of sulfonamides is 1. The zero-order chi connectivity index (χ0) is 15.8. The van der Waals surface area contributed by atoms with E-state index in [-0.39, 0.29) is 12.1 Å². The van der Waals surface area contributed by atoms with Gasteiger partial charge in [0.15, 0.2) is 4.90 Å². The molecule has 1 aliphatic rings. The zero-order valence-electron chi connectivity index (χ0n) is 11.2. The van der Waals surface area contributed by atoms with Crippen molar-refractivity contribution in [1.82, 2.24) is 4.72 Å². The standard InChI is InChI=1S/C12H14N2O6S/c1-8-3-2-4-9(14(17)18)10(8)21(19,20)13-7-12(5-6-12)11(15)16/h2-4,13H,5-7H2,1H3,(H,15,16). The molecule has 0 unspecified atom stereocenters. The first kappa shape index (κ1) is 15.4. The molecule has 21 heavy (non-hydrogen) atoms. The molecule has 0 aliphatic heterocycles. The van der Waals surface area contributed by atoms with Crippen LogP contribution in [0, 0.1) is 22.5 Å². The van der Waals surface area contributed by atoms with Gasteiger partial charge in [-0.05, 0) is 25.3 Å². The van der Waals surface area contributed by atoms with Crippen molar-refractivity contribution in [3.8, 4) is 0 Å². The van der Waals surface area contributed by atoms with Crippen LogP contribution in [0.2, 0.25) is 0 Å². The van der Waals surface area contributed by atoms with Gasteiger partial charge in [-0.3, -0.25) is 14.9 Å². The van der Waals surface area contributed by atoms with E-state index in [0.29, 0.717) is 12.8 Å². The Bertz CT molecular complexity index is 708. The fourth-order valence-electron chi connectivity index (χ4n) is 2.05. The highest BCUT2D eigenvalue weighted by Gasteiger charge is 2.50. The summed E-state index contributed by atoms with van der Waals surface area (Å²) in [6.45, 7) is 1.18. The number of nitrogens with one attached hydrogen (secondary N) is 1. The third-order valence-corrected chi connectivity index (χ3v) is 5.16. The monoisotopic (exact) mass is 314 g/mol. The maximum Gasteiger partial charge on any atom is 0.310 e. The first-order chi connectivity index (χ1) is 9.69. The van der Waals surface area contributed by atoms with Crippen molar-refractivity contribution in [2.75, 3.05) is 6.54 Å². The number of nitro groups is 1. The summed E-state index contributed by atoms with van der Waals surface area (Å²) in [5, 5.41) is 20.0. The summed E-state index contributed by atoms with van der Waals surface area (Å²) in [6.07, 6.45) is 0.779. The van der Waals surface area contributed by atoms with Gasteiger partial charge in [-0.1, -0.05) is 12.1 Å². The fourth-order valence-corrected chi connectivity index (χ4v) is 3.57. The average Bonchev–Trinajstić information content (AvgIpc) is 3.17. The van der Waals surface area contributed by atoms with E-state index in [1.54, 1.807) is 0 Å². The molecular weight excluding hydrogens is 300 g/mol. The Balaban J connectivity index is 2.33. The second kappa shape index (κ2) is 5.08. The van der Waals surface area contributed by atoms with Gasteiger partial charge in [0, 0.05) is 12.6 Å². The molecular formula is C12H14N2O6S. The molecule has 0 spiro atoms. The molecule has 8 nitrogen and oxygen atoms in total.